The summed E-state index contributed by atoms with van der Waals surface area (Å²) in [4.78, 5) is 0. The third-order valence-corrected chi connectivity index (χ3v) is 3.74. The van der Waals surface area contributed by atoms with Crippen LogP contribution in [0.1, 0.15) is 5.89 Å². The van der Waals surface area contributed by atoms with Crippen molar-refractivity contribution in [2.24, 2.45) is 0 Å². The van der Waals surface area contributed by atoms with Crippen LogP contribution >= 0.6 is 31.9 Å². The summed E-state index contributed by atoms with van der Waals surface area (Å²) in [6, 6.07) is 15.3. The second kappa shape index (κ2) is 6.41. The lowest BCUT2D eigenvalue weighted by Crippen LogP contribution is -1.95. The van der Waals surface area contributed by atoms with E-state index in [-0.39, 0.29) is 6.61 Å². The van der Waals surface area contributed by atoms with Gasteiger partial charge in [-0.05, 0) is 42.5 Å². The lowest BCUT2D eigenvalue weighted by Gasteiger charge is -2.02. The third kappa shape index (κ3) is 3.71. The molecular weight excluding hydrogens is 400 g/mol. The molecule has 0 bridgehead atoms. The van der Waals surface area contributed by atoms with E-state index in [1.807, 2.05) is 48.5 Å². The van der Waals surface area contributed by atoms with Crippen molar-refractivity contribution in [1.82, 2.24) is 10.2 Å². The first-order valence-electron chi connectivity index (χ1n) is 6.17. The molecule has 0 N–H and O–H groups in total. The molecule has 2 aromatic carbocycles. The van der Waals surface area contributed by atoms with Gasteiger partial charge in [-0.3, -0.25) is 0 Å². The van der Waals surface area contributed by atoms with Gasteiger partial charge in [0.05, 0.1) is 0 Å². The Kier molecular flexibility index (Phi) is 4.36. The molecule has 4 nitrogen and oxygen atoms in total. The van der Waals surface area contributed by atoms with Gasteiger partial charge in [-0.1, -0.05) is 37.9 Å². The minimum Gasteiger partial charge on any atom is -0.484 e. The molecule has 106 valence electrons. The zero-order valence-corrected chi connectivity index (χ0v) is 14.0. The SMILES string of the molecule is Brc1ccc(-c2nnc(COc3cccc(Br)c3)o2)cc1. The minimum absolute atomic E-state index is 0.236. The van der Waals surface area contributed by atoms with Crippen molar-refractivity contribution in [2.45, 2.75) is 6.61 Å². The van der Waals surface area contributed by atoms with Crippen LogP contribution in [0.3, 0.4) is 0 Å². The maximum atomic E-state index is 5.61. The summed E-state index contributed by atoms with van der Waals surface area (Å²) in [5.41, 5.74) is 0.874. The summed E-state index contributed by atoms with van der Waals surface area (Å²) in [5, 5.41) is 8.01. The van der Waals surface area contributed by atoms with Crippen LogP contribution in [0.5, 0.6) is 5.75 Å². The first kappa shape index (κ1) is 14.3. The predicted molar refractivity (Wildman–Crippen MR) is 85.9 cm³/mol. The van der Waals surface area contributed by atoms with E-state index in [1.54, 1.807) is 0 Å². The number of ether oxygens (including phenoxy) is 1. The van der Waals surface area contributed by atoms with Crippen molar-refractivity contribution >= 4 is 31.9 Å². The standard InChI is InChI=1S/C15H10Br2N2O2/c16-11-6-4-10(5-7-11)15-19-18-14(21-15)9-20-13-3-1-2-12(17)8-13/h1-8H,9H2. The van der Waals surface area contributed by atoms with Crippen molar-refractivity contribution in [3.63, 3.8) is 0 Å². The van der Waals surface area contributed by atoms with E-state index in [2.05, 4.69) is 42.1 Å². The Morgan fingerprint density at radius 1 is 0.952 bits per heavy atom. The van der Waals surface area contributed by atoms with E-state index in [0.29, 0.717) is 11.8 Å². The number of aromatic nitrogens is 2. The fourth-order valence-corrected chi connectivity index (χ4v) is 2.37. The normalized spacial score (nSPS) is 10.6. The molecule has 21 heavy (non-hydrogen) atoms. The molecule has 0 aliphatic carbocycles. The first-order chi connectivity index (χ1) is 10.2. The van der Waals surface area contributed by atoms with Crippen molar-refractivity contribution in [3.05, 3.63) is 63.4 Å². The Hall–Kier alpha value is -1.66. The summed E-state index contributed by atoms with van der Waals surface area (Å²) < 4.78 is 13.2. The van der Waals surface area contributed by atoms with Gasteiger partial charge in [0.25, 0.3) is 5.89 Å². The van der Waals surface area contributed by atoms with Gasteiger partial charge in [0.1, 0.15) is 5.75 Å². The highest BCUT2D eigenvalue weighted by molar-refractivity contribution is 9.10. The van der Waals surface area contributed by atoms with Crippen molar-refractivity contribution in [2.75, 3.05) is 0 Å². The summed E-state index contributed by atoms with van der Waals surface area (Å²) in [6.45, 7) is 0.236. The van der Waals surface area contributed by atoms with E-state index in [0.717, 1.165) is 20.3 Å². The van der Waals surface area contributed by atoms with Crippen LogP contribution in [0.15, 0.2) is 61.9 Å². The zero-order chi connectivity index (χ0) is 14.7. The molecule has 0 aliphatic heterocycles. The molecule has 3 aromatic rings. The lowest BCUT2D eigenvalue weighted by molar-refractivity contribution is 0.264. The van der Waals surface area contributed by atoms with E-state index in [9.17, 15) is 0 Å². The highest BCUT2D eigenvalue weighted by Gasteiger charge is 2.09. The number of halogens is 2. The fraction of sp³-hybridized carbons (Fsp3) is 0.0667. The Morgan fingerprint density at radius 2 is 1.76 bits per heavy atom. The number of hydrogen-bond acceptors (Lipinski definition) is 4. The van der Waals surface area contributed by atoms with Gasteiger partial charge in [0.15, 0.2) is 6.61 Å². The smallest absolute Gasteiger partial charge is 0.254 e. The second-order valence-electron chi connectivity index (χ2n) is 4.25. The van der Waals surface area contributed by atoms with Gasteiger partial charge in [-0.15, -0.1) is 10.2 Å². The zero-order valence-electron chi connectivity index (χ0n) is 10.8. The van der Waals surface area contributed by atoms with Gasteiger partial charge in [-0.25, -0.2) is 0 Å². The third-order valence-electron chi connectivity index (χ3n) is 2.72. The average molecular weight is 410 g/mol. The van der Waals surface area contributed by atoms with Crippen LogP contribution in [-0.4, -0.2) is 10.2 Å². The van der Waals surface area contributed by atoms with E-state index in [4.69, 9.17) is 9.15 Å². The molecule has 3 rings (SSSR count). The lowest BCUT2D eigenvalue weighted by atomic mass is 10.2. The Balaban J connectivity index is 1.69. The minimum atomic E-state index is 0.236. The van der Waals surface area contributed by atoms with Crippen molar-refractivity contribution in [3.8, 4) is 17.2 Å². The molecule has 6 heteroatoms. The van der Waals surface area contributed by atoms with Crippen LogP contribution in [0.25, 0.3) is 11.5 Å². The summed E-state index contributed by atoms with van der Waals surface area (Å²) in [7, 11) is 0. The van der Waals surface area contributed by atoms with E-state index >= 15 is 0 Å². The largest absolute Gasteiger partial charge is 0.484 e. The topological polar surface area (TPSA) is 48.2 Å². The van der Waals surface area contributed by atoms with Crippen molar-refractivity contribution in [1.29, 1.82) is 0 Å². The van der Waals surface area contributed by atoms with Crippen LogP contribution in [0, 0.1) is 0 Å². The molecule has 0 amide bonds. The molecule has 0 radical (unpaired) electrons. The molecule has 0 aliphatic rings. The molecule has 0 saturated carbocycles. The monoisotopic (exact) mass is 408 g/mol. The molecule has 1 heterocycles. The van der Waals surface area contributed by atoms with Crippen molar-refractivity contribution < 1.29 is 9.15 Å². The van der Waals surface area contributed by atoms with Gasteiger partial charge >= 0.3 is 0 Å². The van der Waals surface area contributed by atoms with Crippen LogP contribution < -0.4 is 4.74 Å². The number of nitrogens with zero attached hydrogens (tertiary/aromatic N) is 2. The molecule has 0 fully saturated rings. The number of rotatable bonds is 4. The first-order valence-corrected chi connectivity index (χ1v) is 7.76. The van der Waals surface area contributed by atoms with Gasteiger partial charge in [0.2, 0.25) is 5.89 Å². The number of benzene rings is 2. The van der Waals surface area contributed by atoms with E-state index in [1.165, 1.54) is 0 Å². The molecule has 0 saturated heterocycles. The van der Waals surface area contributed by atoms with Gasteiger partial charge in [0, 0.05) is 14.5 Å². The Labute approximate surface area is 138 Å². The maximum absolute atomic E-state index is 5.61. The Bertz CT molecular complexity index is 741. The van der Waals surface area contributed by atoms with E-state index < -0.39 is 0 Å². The quantitative estimate of drug-likeness (QED) is 0.618. The van der Waals surface area contributed by atoms with Gasteiger partial charge in [-0.2, -0.15) is 0 Å². The average Bonchev–Trinajstić information content (AvgIpc) is 2.95. The van der Waals surface area contributed by atoms with Crippen LogP contribution in [-0.2, 0) is 6.61 Å². The maximum Gasteiger partial charge on any atom is 0.254 e. The van der Waals surface area contributed by atoms with Crippen LogP contribution in [0.4, 0.5) is 0 Å². The Morgan fingerprint density at radius 3 is 2.52 bits per heavy atom. The highest BCUT2D eigenvalue weighted by atomic mass is 79.9. The van der Waals surface area contributed by atoms with Crippen LogP contribution in [0.2, 0.25) is 0 Å². The summed E-state index contributed by atoms with van der Waals surface area (Å²) >= 11 is 6.78. The molecule has 1 aromatic heterocycles. The predicted octanol–water partition coefficient (Wildman–Crippen LogP) is 4.84. The van der Waals surface area contributed by atoms with Gasteiger partial charge < -0.3 is 9.15 Å². The second-order valence-corrected chi connectivity index (χ2v) is 6.09. The molecular formula is C15H10Br2N2O2. The molecule has 0 unspecified atom stereocenters. The summed E-state index contributed by atoms with van der Waals surface area (Å²) in [5.74, 6) is 1.66. The fourth-order valence-electron chi connectivity index (χ4n) is 1.72. The number of hydrogen-bond donors (Lipinski definition) is 0. The molecule has 0 atom stereocenters. The molecule has 0 spiro atoms. The summed E-state index contributed by atoms with van der Waals surface area (Å²) in [6.07, 6.45) is 0. The highest BCUT2D eigenvalue weighted by Crippen LogP contribution is 2.22.